The van der Waals surface area contributed by atoms with Crippen LogP contribution in [-0.2, 0) is 17.8 Å². The molecular weight excluding hydrogens is 346 g/mol. The Morgan fingerprint density at radius 2 is 1.50 bits per heavy atom. The number of nitrogens with one attached hydrogen (secondary N) is 1. The van der Waals surface area contributed by atoms with Gasteiger partial charge in [0.1, 0.15) is 0 Å². The highest BCUT2D eigenvalue weighted by Crippen LogP contribution is 2.21. The molecule has 138 valence electrons. The molecule has 1 N–H and O–H groups in total. The molecule has 4 rings (SSSR count). The molecule has 0 saturated heterocycles. The summed E-state index contributed by atoms with van der Waals surface area (Å²) in [6.45, 7) is 0.787. The van der Waals surface area contributed by atoms with Gasteiger partial charge in [-0.2, -0.15) is 5.10 Å². The number of benzene rings is 3. The number of fused-ring (bicyclic) bond motifs is 1. The number of hydrazone groups is 1. The van der Waals surface area contributed by atoms with E-state index in [0.717, 1.165) is 28.6 Å². The van der Waals surface area contributed by atoms with Crippen LogP contribution in [0, 0.1) is 0 Å². The van der Waals surface area contributed by atoms with Gasteiger partial charge in [-0.1, -0.05) is 78.9 Å². The molecule has 4 aromatic rings. The van der Waals surface area contributed by atoms with E-state index in [1.165, 1.54) is 5.56 Å². The monoisotopic (exact) mass is 367 g/mol. The van der Waals surface area contributed by atoms with Gasteiger partial charge in [0.2, 0.25) is 5.91 Å². The average molecular weight is 367 g/mol. The minimum Gasteiger partial charge on any atom is -0.342 e. The molecule has 1 heterocycles. The molecule has 1 amide bonds. The van der Waals surface area contributed by atoms with Crippen LogP contribution in [0.4, 0.5) is 0 Å². The molecule has 0 atom stereocenters. The topological polar surface area (TPSA) is 46.4 Å². The molecule has 0 saturated carbocycles. The SMILES string of the molecule is O=C(Cc1ccccc1)N/N=C\c1cn(Cc2ccccc2)c2ccccc12. The molecule has 0 radical (unpaired) electrons. The summed E-state index contributed by atoms with van der Waals surface area (Å²) in [5.41, 5.74) is 6.95. The first-order valence-electron chi connectivity index (χ1n) is 9.27. The predicted octanol–water partition coefficient (Wildman–Crippen LogP) is 4.38. The van der Waals surface area contributed by atoms with E-state index in [1.807, 2.05) is 60.7 Å². The molecule has 0 unspecified atom stereocenters. The van der Waals surface area contributed by atoms with Gasteiger partial charge >= 0.3 is 0 Å². The van der Waals surface area contributed by atoms with Gasteiger partial charge in [-0.15, -0.1) is 0 Å². The largest absolute Gasteiger partial charge is 0.342 e. The highest BCUT2D eigenvalue weighted by Gasteiger charge is 2.07. The summed E-state index contributed by atoms with van der Waals surface area (Å²) in [5, 5.41) is 5.28. The molecule has 1 aromatic heterocycles. The zero-order valence-electron chi connectivity index (χ0n) is 15.5. The van der Waals surface area contributed by atoms with E-state index in [0.29, 0.717) is 6.42 Å². The van der Waals surface area contributed by atoms with Crippen molar-refractivity contribution in [3.63, 3.8) is 0 Å². The van der Waals surface area contributed by atoms with Crippen molar-refractivity contribution in [2.45, 2.75) is 13.0 Å². The molecule has 4 heteroatoms. The van der Waals surface area contributed by atoms with Gasteiger partial charge in [0, 0.05) is 29.2 Å². The highest BCUT2D eigenvalue weighted by molar-refractivity contribution is 5.99. The lowest BCUT2D eigenvalue weighted by atomic mass is 10.1. The van der Waals surface area contributed by atoms with Crippen LogP contribution in [-0.4, -0.2) is 16.7 Å². The molecule has 3 aromatic carbocycles. The van der Waals surface area contributed by atoms with E-state index in [2.05, 4.69) is 45.6 Å². The molecule has 28 heavy (non-hydrogen) atoms. The van der Waals surface area contributed by atoms with Crippen LogP contribution in [0.3, 0.4) is 0 Å². The molecular formula is C24H21N3O. The van der Waals surface area contributed by atoms with Gasteiger partial charge in [-0.3, -0.25) is 4.79 Å². The van der Waals surface area contributed by atoms with Crippen LogP contribution >= 0.6 is 0 Å². The predicted molar refractivity (Wildman–Crippen MR) is 113 cm³/mol. The number of carbonyl (C=O) groups excluding carboxylic acids is 1. The number of para-hydroxylation sites is 1. The Kier molecular flexibility index (Phi) is 5.29. The smallest absolute Gasteiger partial charge is 0.244 e. The Hall–Kier alpha value is -3.66. The van der Waals surface area contributed by atoms with Crippen LogP contribution < -0.4 is 5.43 Å². The third-order valence-corrected chi connectivity index (χ3v) is 4.62. The van der Waals surface area contributed by atoms with E-state index < -0.39 is 0 Å². The van der Waals surface area contributed by atoms with Crippen molar-refractivity contribution in [3.8, 4) is 0 Å². The number of amides is 1. The second-order valence-electron chi connectivity index (χ2n) is 6.67. The number of aromatic nitrogens is 1. The van der Waals surface area contributed by atoms with E-state index >= 15 is 0 Å². The Morgan fingerprint density at radius 3 is 2.25 bits per heavy atom. The fraction of sp³-hybridized carbons (Fsp3) is 0.0833. The highest BCUT2D eigenvalue weighted by atomic mass is 16.2. The lowest BCUT2D eigenvalue weighted by molar-refractivity contribution is -0.120. The number of rotatable bonds is 6. The van der Waals surface area contributed by atoms with Crippen LogP contribution in [0.25, 0.3) is 10.9 Å². The van der Waals surface area contributed by atoms with Crippen LogP contribution in [0.2, 0.25) is 0 Å². The van der Waals surface area contributed by atoms with Crippen molar-refractivity contribution in [1.82, 2.24) is 9.99 Å². The number of nitrogens with zero attached hydrogens (tertiary/aromatic N) is 2. The van der Waals surface area contributed by atoms with Gasteiger partial charge in [-0.05, 0) is 17.2 Å². The summed E-state index contributed by atoms with van der Waals surface area (Å²) >= 11 is 0. The van der Waals surface area contributed by atoms with Crippen molar-refractivity contribution in [2.75, 3.05) is 0 Å². The summed E-state index contributed by atoms with van der Waals surface area (Å²) in [6, 6.07) is 28.2. The van der Waals surface area contributed by atoms with Crippen LogP contribution in [0.1, 0.15) is 16.7 Å². The number of carbonyl (C=O) groups is 1. The summed E-state index contributed by atoms with van der Waals surface area (Å²) in [6.07, 6.45) is 4.10. The molecule has 0 aliphatic carbocycles. The normalized spacial score (nSPS) is 11.1. The van der Waals surface area contributed by atoms with Gasteiger partial charge in [-0.25, -0.2) is 5.43 Å². The van der Waals surface area contributed by atoms with Gasteiger partial charge < -0.3 is 4.57 Å². The fourth-order valence-corrected chi connectivity index (χ4v) is 3.28. The van der Waals surface area contributed by atoms with Gasteiger partial charge in [0.05, 0.1) is 12.6 Å². The van der Waals surface area contributed by atoms with Crippen LogP contribution in [0.15, 0.2) is 96.2 Å². The van der Waals surface area contributed by atoms with Crippen molar-refractivity contribution in [3.05, 3.63) is 108 Å². The molecule has 0 aliphatic rings. The number of hydrogen-bond donors (Lipinski definition) is 1. The second kappa shape index (κ2) is 8.35. The van der Waals surface area contributed by atoms with Crippen molar-refractivity contribution in [1.29, 1.82) is 0 Å². The third kappa shape index (κ3) is 4.18. The maximum Gasteiger partial charge on any atom is 0.244 e. The van der Waals surface area contributed by atoms with E-state index in [9.17, 15) is 4.79 Å². The first-order chi connectivity index (χ1) is 13.8. The lowest BCUT2D eigenvalue weighted by Crippen LogP contribution is -2.19. The third-order valence-electron chi connectivity index (χ3n) is 4.62. The molecule has 0 aliphatic heterocycles. The summed E-state index contributed by atoms with van der Waals surface area (Å²) in [5.74, 6) is -0.129. The maximum absolute atomic E-state index is 12.1. The zero-order chi connectivity index (χ0) is 19.2. The fourth-order valence-electron chi connectivity index (χ4n) is 3.28. The lowest BCUT2D eigenvalue weighted by Gasteiger charge is -2.05. The molecule has 4 nitrogen and oxygen atoms in total. The van der Waals surface area contributed by atoms with Gasteiger partial charge in [0.15, 0.2) is 0 Å². The van der Waals surface area contributed by atoms with Crippen LogP contribution in [0.5, 0.6) is 0 Å². The summed E-state index contributed by atoms with van der Waals surface area (Å²) in [4.78, 5) is 12.1. The summed E-state index contributed by atoms with van der Waals surface area (Å²) < 4.78 is 2.21. The zero-order valence-corrected chi connectivity index (χ0v) is 15.5. The Bertz CT molecular complexity index is 1100. The van der Waals surface area contributed by atoms with Gasteiger partial charge in [0.25, 0.3) is 0 Å². The quantitative estimate of drug-likeness (QED) is 0.399. The van der Waals surface area contributed by atoms with E-state index in [1.54, 1.807) is 6.21 Å². The first kappa shape index (κ1) is 17.7. The second-order valence-corrected chi connectivity index (χ2v) is 6.67. The number of hydrogen-bond acceptors (Lipinski definition) is 2. The van der Waals surface area contributed by atoms with Crippen molar-refractivity contribution < 1.29 is 4.79 Å². The molecule has 0 fully saturated rings. The first-order valence-corrected chi connectivity index (χ1v) is 9.27. The minimum atomic E-state index is -0.129. The van der Waals surface area contributed by atoms with Crippen molar-refractivity contribution >= 4 is 23.0 Å². The Balaban J connectivity index is 1.50. The standard InChI is InChI=1S/C24H21N3O/c28-24(15-19-9-3-1-4-10-19)26-25-16-21-18-27(17-20-11-5-2-6-12-20)23-14-8-7-13-22(21)23/h1-14,16,18H,15,17H2,(H,26,28)/b25-16-. The summed E-state index contributed by atoms with van der Waals surface area (Å²) in [7, 11) is 0. The van der Waals surface area contributed by atoms with Crippen molar-refractivity contribution in [2.24, 2.45) is 5.10 Å². The Labute approximate surface area is 164 Å². The Morgan fingerprint density at radius 1 is 0.857 bits per heavy atom. The molecule has 0 bridgehead atoms. The maximum atomic E-state index is 12.1. The van der Waals surface area contributed by atoms with E-state index in [4.69, 9.17) is 0 Å². The molecule has 0 spiro atoms. The minimum absolute atomic E-state index is 0.129. The average Bonchev–Trinajstić information content (AvgIpc) is 3.07. The van der Waals surface area contributed by atoms with E-state index in [-0.39, 0.29) is 5.91 Å².